The maximum Gasteiger partial charge on any atom is 0.243 e. The Hall–Kier alpha value is -6.72. The van der Waals surface area contributed by atoms with Crippen LogP contribution in [0.3, 0.4) is 0 Å². The van der Waals surface area contributed by atoms with Crippen LogP contribution in [0.5, 0.6) is 23.0 Å². The van der Waals surface area contributed by atoms with E-state index < -0.39 is 10.8 Å². The van der Waals surface area contributed by atoms with E-state index in [1.807, 2.05) is 7.05 Å². The first-order chi connectivity index (χ1) is 31.3. The largest absolute Gasteiger partial charge is 0.489 e. The van der Waals surface area contributed by atoms with Crippen molar-refractivity contribution in [2.45, 2.75) is 23.6 Å². The molecule has 11 heteroatoms. The number of likely N-dealkylation sites (N-methyl/N-ethyl adjacent to an activating group) is 2. The molecule has 5 aliphatic heterocycles. The van der Waals surface area contributed by atoms with Gasteiger partial charge in [-0.05, 0) is 82.3 Å². The molecule has 0 saturated carbocycles. The highest BCUT2D eigenvalue weighted by atomic mass is 32.2. The number of ketones is 1. The van der Waals surface area contributed by atoms with Crippen molar-refractivity contribution in [3.05, 3.63) is 163 Å². The lowest BCUT2D eigenvalue weighted by Gasteiger charge is -2.38. The number of rotatable bonds is 5. The van der Waals surface area contributed by atoms with Crippen molar-refractivity contribution in [3.63, 3.8) is 0 Å². The molecule has 5 heterocycles. The van der Waals surface area contributed by atoms with Crippen LogP contribution in [0.2, 0.25) is 0 Å². The molecule has 0 amide bonds. The van der Waals surface area contributed by atoms with Gasteiger partial charge in [-0.25, -0.2) is 13.4 Å². The highest BCUT2D eigenvalue weighted by molar-refractivity contribution is 7.85. The Kier molecular flexibility index (Phi) is 9.09. The molecule has 0 spiro atoms. The summed E-state index contributed by atoms with van der Waals surface area (Å²) in [5, 5.41) is 3.68. The van der Waals surface area contributed by atoms with Gasteiger partial charge in [0.25, 0.3) is 0 Å². The average Bonchev–Trinajstić information content (AvgIpc) is 3.31. The van der Waals surface area contributed by atoms with Gasteiger partial charge in [-0.2, -0.15) is 0 Å². The third-order valence-electron chi connectivity index (χ3n) is 13.9. The van der Waals surface area contributed by atoms with Gasteiger partial charge in [0.1, 0.15) is 45.4 Å². The Morgan fingerprint density at radius 2 is 1.06 bits per heavy atom. The molecule has 0 N–H and O–H groups in total. The summed E-state index contributed by atoms with van der Waals surface area (Å²) in [4.78, 5) is 21.1. The normalized spacial score (nSPS) is 17.9. The van der Waals surface area contributed by atoms with Gasteiger partial charge in [-0.1, -0.05) is 60.7 Å². The third kappa shape index (κ3) is 5.75. The fraction of sp³-hybridized carbons (Fsp3) is 0.264. The highest BCUT2D eigenvalue weighted by Gasteiger charge is 2.39. The van der Waals surface area contributed by atoms with Gasteiger partial charge < -0.3 is 28.7 Å². The second kappa shape index (κ2) is 14.9. The summed E-state index contributed by atoms with van der Waals surface area (Å²) in [6.07, 6.45) is 0. The average molecular weight is 869 g/mol. The van der Waals surface area contributed by atoms with Crippen LogP contribution in [0.15, 0.2) is 107 Å². The van der Waals surface area contributed by atoms with Gasteiger partial charge in [-0.15, -0.1) is 0 Å². The Balaban J connectivity index is 0.936. The smallest absolute Gasteiger partial charge is 0.243 e. The molecule has 6 aliphatic rings. The molecule has 0 radical (unpaired) electrons. The van der Waals surface area contributed by atoms with Crippen molar-refractivity contribution in [1.29, 1.82) is 0 Å². The maximum atomic E-state index is 15.2. The Bertz CT molecular complexity index is 3140. The molecule has 64 heavy (non-hydrogen) atoms. The minimum absolute atomic E-state index is 0.0742. The molecule has 6 aromatic rings. The molecule has 1 atom stereocenters. The van der Waals surface area contributed by atoms with E-state index in [0.717, 1.165) is 90.1 Å². The lowest BCUT2D eigenvalue weighted by atomic mass is 9.80. The fourth-order valence-electron chi connectivity index (χ4n) is 10.6. The van der Waals surface area contributed by atoms with E-state index in [9.17, 15) is 0 Å². The molecular weight excluding hydrogens is 821 g/mol. The van der Waals surface area contributed by atoms with Crippen molar-refractivity contribution < 1.29 is 28.0 Å². The van der Waals surface area contributed by atoms with Crippen LogP contribution in [0.4, 0.5) is 11.4 Å². The topological polar surface area (TPSA) is 83.6 Å². The molecule has 0 bridgehead atoms. The molecule has 0 fully saturated rings. The number of benzene rings is 6. The van der Waals surface area contributed by atoms with E-state index in [4.69, 9.17) is 18.9 Å². The number of anilines is 2. The summed E-state index contributed by atoms with van der Waals surface area (Å²) < 4.78 is 45.3. The van der Waals surface area contributed by atoms with Gasteiger partial charge in [0.2, 0.25) is 28.0 Å². The summed E-state index contributed by atoms with van der Waals surface area (Å²) >= 11 is 0. The predicted molar refractivity (Wildman–Crippen MR) is 248 cm³/mol. The summed E-state index contributed by atoms with van der Waals surface area (Å²) in [6.45, 7) is 10.4. The van der Waals surface area contributed by atoms with Crippen molar-refractivity contribution in [2.24, 2.45) is 0 Å². The summed E-state index contributed by atoms with van der Waals surface area (Å²) in [5.41, 5.74) is 11.3. The molecule has 12 rings (SSSR count). The van der Waals surface area contributed by atoms with Gasteiger partial charge in [-0.3, -0.25) is 4.79 Å². The Morgan fingerprint density at radius 1 is 0.531 bits per heavy atom. The maximum absolute atomic E-state index is 15.2. The van der Waals surface area contributed by atoms with Crippen molar-refractivity contribution in [3.8, 4) is 23.0 Å². The number of hydrogen-bond donors (Lipinski definition) is 0. The molecule has 10 nitrogen and oxygen atoms in total. The first-order valence-electron chi connectivity index (χ1n) is 22.2. The van der Waals surface area contributed by atoms with E-state index in [-0.39, 0.29) is 5.78 Å². The monoisotopic (exact) mass is 868 g/mol. The van der Waals surface area contributed by atoms with E-state index in [1.165, 1.54) is 0 Å². The number of ether oxygens (including phenoxy) is 4. The molecule has 6 aromatic carbocycles. The van der Waals surface area contributed by atoms with Crippen LogP contribution in [-0.2, 0) is 10.8 Å². The zero-order valence-corrected chi connectivity index (χ0v) is 37.3. The van der Waals surface area contributed by atoms with E-state index in [1.54, 1.807) is 0 Å². The zero-order chi connectivity index (χ0) is 43.4. The summed E-state index contributed by atoms with van der Waals surface area (Å²) in [7, 11) is 2.53. The molecule has 320 valence electrons. The van der Waals surface area contributed by atoms with Crippen LogP contribution in [0.25, 0.3) is 11.1 Å². The fourth-order valence-corrected chi connectivity index (χ4v) is 12.2. The third-order valence-corrected chi connectivity index (χ3v) is 15.4. The van der Waals surface area contributed by atoms with Crippen LogP contribution in [0.1, 0.15) is 49.3 Å². The van der Waals surface area contributed by atoms with Gasteiger partial charge >= 0.3 is 0 Å². The molecule has 1 aliphatic carbocycles. The second-order valence-corrected chi connectivity index (χ2v) is 18.8. The standard InChI is InChI=1S/C53H48N4O6S/c1-31-9-5-7-11-33(31)43-35-13-17-39-48(60-27-23-54(39)3)45(35)47(58)46-36(43)14-19-41-49(46)61-29-25-56(41)21-22-57-26-30-63-51-42(57)20-16-38-44(34-12-8-6-10-32(34)2)37-15-18-40-50(62-28-24-55(40)4)52(37)64(59)53(38)51/h5-20H,21-30H2,1-4H3/q+2. The molecule has 1 unspecified atom stereocenters. The molecular formula is C53H48N4O6S+2. The van der Waals surface area contributed by atoms with E-state index in [0.29, 0.717) is 96.5 Å². The lowest BCUT2D eigenvalue weighted by molar-refractivity contribution is 0.102. The quantitative estimate of drug-likeness (QED) is 0.241. The summed E-state index contributed by atoms with van der Waals surface area (Å²) in [5.74, 6) is 2.53. The minimum Gasteiger partial charge on any atom is -0.489 e. The Morgan fingerprint density at radius 3 is 1.72 bits per heavy atom. The number of hydrogen-bond acceptors (Lipinski definition) is 8. The molecule has 0 aromatic heterocycles. The van der Waals surface area contributed by atoms with Gasteiger partial charge in [0.05, 0.1) is 51.3 Å². The summed E-state index contributed by atoms with van der Waals surface area (Å²) in [6, 6.07) is 33.6. The van der Waals surface area contributed by atoms with Crippen molar-refractivity contribution >= 4 is 39.1 Å². The predicted octanol–water partition coefficient (Wildman–Crippen LogP) is 3.95. The van der Waals surface area contributed by atoms with Crippen LogP contribution < -0.4 is 59.1 Å². The number of aryl methyl sites for hydroxylation is 2. The number of carbonyl (C=O) groups excluding carboxylic acids is 1. The molecule has 0 saturated heterocycles. The number of nitrogens with zero attached hydrogens (tertiary/aromatic N) is 4. The first-order valence-corrected chi connectivity index (χ1v) is 23.4. The lowest BCUT2D eigenvalue weighted by Crippen LogP contribution is -2.43. The van der Waals surface area contributed by atoms with Crippen molar-refractivity contribution in [2.75, 3.05) is 89.6 Å². The van der Waals surface area contributed by atoms with Crippen molar-refractivity contribution in [1.82, 2.24) is 9.15 Å². The van der Waals surface area contributed by atoms with Crippen LogP contribution in [0, 0.1) is 13.8 Å². The SMILES string of the molecule is Cc1ccccc1C1=c2ccc3c(c2C(=O)c2c1ccc1c2OCCN1CCN1CCOc2c1ccc1c2S(=O)c2c4c(ccc2=C1c1ccccc1C)=[N+](C)CCO4)OCC[N+]=3C. The first kappa shape index (κ1) is 38.9. The zero-order valence-electron chi connectivity index (χ0n) is 36.5. The highest BCUT2D eigenvalue weighted by Crippen LogP contribution is 2.47. The van der Waals surface area contributed by atoms with Gasteiger partial charge in [0, 0.05) is 36.0 Å². The Labute approximate surface area is 373 Å². The second-order valence-electron chi connectivity index (χ2n) is 17.4. The van der Waals surface area contributed by atoms with E-state index >= 15 is 9.00 Å². The number of fused-ring (bicyclic) bond motifs is 12. The van der Waals surface area contributed by atoms with E-state index in [2.05, 4.69) is 137 Å². The van der Waals surface area contributed by atoms with Gasteiger partial charge in [0.15, 0.2) is 24.6 Å². The van der Waals surface area contributed by atoms with Crippen LogP contribution >= 0.6 is 0 Å². The number of carbonyl (C=O) groups is 1. The van der Waals surface area contributed by atoms with Crippen LogP contribution in [-0.4, -0.2) is 89.8 Å². The minimum atomic E-state index is -1.58.